The number of aromatic amines is 1. The van der Waals surface area contributed by atoms with Crippen LogP contribution in [0.4, 0.5) is 0 Å². The number of aryl methyl sites for hydroxylation is 1. The summed E-state index contributed by atoms with van der Waals surface area (Å²) < 4.78 is 1.91. The molecule has 0 saturated heterocycles. The van der Waals surface area contributed by atoms with Crippen LogP contribution in [0, 0.1) is 6.92 Å². The molecule has 0 atom stereocenters. The molecule has 6 nitrogen and oxygen atoms in total. The second-order valence-corrected chi connectivity index (χ2v) is 4.72. The third-order valence-electron chi connectivity index (χ3n) is 3.20. The lowest BCUT2D eigenvalue weighted by molar-refractivity contribution is 0.0777. The SMILES string of the molecule is Cc1cccc2nc(C(=O)N(C)Cc3ncc[nH]3)cn12. The number of pyridine rings is 1. The van der Waals surface area contributed by atoms with Gasteiger partial charge in [-0.25, -0.2) is 9.97 Å². The van der Waals surface area contributed by atoms with Gasteiger partial charge in [-0.15, -0.1) is 0 Å². The molecule has 3 rings (SSSR count). The number of carbonyl (C=O) groups excluding carboxylic acids is 1. The number of rotatable bonds is 3. The monoisotopic (exact) mass is 269 g/mol. The van der Waals surface area contributed by atoms with Crippen LogP contribution in [0.3, 0.4) is 0 Å². The average molecular weight is 269 g/mol. The number of nitrogens with one attached hydrogen (secondary N) is 1. The Morgan fingerprint density at radius 1 is 1.45 bits per heavy atom. The molecule has 0 bridgehead atoms. The lowest BCUT2D eigenvalue weighted by Gasteiger charge is -2.13. The Bertz CT molecular complexity index is 744. The Morgan fingerprint density at radius 2 is 2.30 bits per heavy atom. The van der Waals surface area contributed by atoms with E-state index in [1.807, 2.05) is 29.5 Å². The number of hydrogen-bond acceptors (Lipinski definition) is 3. The number of imidazole rings is 2. The van der Waals surface area contributed by atoms with Crippen LogP contribution in [-0.2, 0) is 6.54 Å². The first-order valence-corrected chi connectivity index (χ1v) is 6.33. The first kappa shape index (κ1) is 12.4. The predicted molar refractivity (Wildman–Crippen MR) is 74.3 cm³/mol. The number of H-pyrrole nitrogens is 1. The summed E-state index contributed by atoms with van der Waals surface area (Å²) in [4.78, 5) is 25.4. The smallest absolute Gasteiger partial charge is 0.274 e. The molecule has 6 heteroatoms. The van der Waals surface area contributed by atoms with Crippen molar-refractivity contribution in [1.29, 1.82) is 0 Å². The highest BCUT2D eigenvalue weighted by Crippen LogP contribution is 2.10. The van der Waals surface area contributed by atoms with Crippen LogP contribution < -0.4 is 0 Å². The summed E-state index contributed by atoms with van der Waals surface area (Å²) >= 11 is 0. The van der Waals surface area contributed by atoms with Gasteiger partial charge in [0.25, 0.3) is 5.91 Å². The van der Waals surface area contributed by atoms with Crippen molar-refractivity contribution in [2.24, 2.45) is 0 Å². The van der Waals surface area contributed by atoms with E-state index in [0.29, 0.717) is 12.2 Å². The maximum Gasteiger partial charge on any atom is 0.274 e. The molecule has 3 aromatic rings. The summed E-state index contributed by atoms with van der Waals surface area (Å²) in [7, 11) is 1.74. The molecule has 1 amide bonds. The first-order chi connectivity index (χ1) is 9.65. The fourth-order valence-corrected chi connectivity index (χ4v) is 2.13. The predicted octanol–water partition coefficient (Wildman–Crippen LogP) is 1.64. The second kappa shape index (κ2) is 4.80. The van der Waals surface area contributed by atoms with Crippen molar-refractivity contribution in [3.05, 3.63) is 54.0 Å². The highest BCUT2D eigenvalue weighted by Gasteiger charge is 2.16. The average Bonchev–Trinajstić information content (AvgIpc) is 3.07. The van der Waals surface area contributed by atoms with Crippen molar-refractivity contribution in [2.45, 2.75) is 13.5 Å². The van der Waals surface area contributed by atoms with Crippen molar-refractivity contribution >= 4 is 11.6 Å². The zero-order chi connectivity index (χ0) is 14.1. The van der Waals surface area contributed by atoms with Gasteiger partial charge < -0.3 is 14.3 Å². The Hall–Kier alpha value is -2.63. The van der Waals surface area contributed by atoms with Gasteiger partial charge in [0, 0.05) is 31.3 Å². The normalized spacial score (nSPS) is 10.9. The van der Waals surface area contributed by atoms with E-state index in [0.717, 1.165) is 17.2 Å². The van der Waals surface area contributed by atoms with Crippen LogP contribution in [0.2, 0.25) is 0 Å². The second-order valence-electron chi connectivity index (χ2n) is 4.72. The number of aromatic nitrogens is 4. The van der Waals surface area contributed by atoms with Gasteiger partial charge in [0.15, 0.2) is 0 Å². The minimum Gasteiger partial charge on any atom is -0.347 e. The minimum atomic E-state index is -0.121. The molecule has 0 aliphatic rings. The summed E-state index contributed by atoms with van der Waals surface area (Å²) in [5, 5.41) is 0. The van der Waals surface area contributed by atoms with E-state index in [-0.39, 0.29) is 5.91 Å². The molecule has 0 aliphatic carbocycles. The molecular formula is C14H15N5O. The number of nitrogens with zero attached hydrogens (tertiary/aromatic N) is 4. The van der Waals surface area contributed by atoms with Gasteiger partial charge in [-0.1, -0.05) is 6.07 Å². The molecule has 102 valence electrons. The summed E-state index contributed by atoms with van der Waals surface area (Å²) in [5.41, 5.74) is 2.26. The van der Waals surface area contributed by atoms with Crippen molar-refractivity contribution in [3.63, 3.8) is 0 Å². The summed E-state index contributed by atoms with van der Waals surface area (Å²) in [6, 6.07) is 5.80. The molecule has 0 saturated carbocycles. The molecule has 0 radical (unpaired) electrons. The molecule has 0 unspecified atom stereocenters. The minimum absolute atomic E-state index is 0.121. The molecule has 20 heavy (non-hydrogen) atoms. The highest BCUT2D eigenvalue weighted by atomic mass is 16.2. The largest absolute Gasteiger partial charge is 0.347 e. The zero-order valence-electron chi connectivity index (χ0n) is 11.4. The molecule has 0 fully saturated rings. The van der Waals surface area contributed by atoms with Gasteiger partial charge in [0.2, 0.25) is 0 Å². The quantitative estimate of drug-likeness (QED) is 0.786. The highest BCUT2D eigenvalue weighted by molar-refractivity contribution is 5.92. The van der Waals surface area contributed by atoms with Crippen LogP contribution in [0.25, 0.3) is 5.65 Å². The van der Waals surface area contributed by atoms with E-state index in [2.05, 4.69) is 15.0 Å². The van der Waals surface area contributed by atoms with Gasteiger partial charge in [0.1, 0.15) is 17.2 Å². The van der Waals surface area contributed by atoms with Crippen molar-refractivity contribution in [1.82, 2.24) is 24.3 Å². The maximum absolute atomic E-state index is 12.4. The van der Waals surface area contributed by atoms with Crippen LogP contribution in [-0.4, -0.2) is 37.2 Å². The molecule has 0 spiro atoms. The number of amides is 1. The van der Waals surface area contributed by atoms with Crippen LogP contribution in [0.1, 0.15) is 22.0 Å². The summed E-state index contributed by atoms with van der Waals surface area (Å²) in [6.45, 7) is 2.41. The van der Waals surface area contributed by atoms with E-state index in [1.54, 1.807) is 30.5 Å². The molecule has 3 aromatic heterocycles. The first-order valence-electron chi connectivity index (χ1n) is 6.33. The van der Waals surface area contributed by atoms with Crippen LogP contribution in [0.15, 0.2) is 36.8 Å². The Morgan fingerprint density at radius 3 is 3.00 bits per heavy atom. The zero-order valence-corrected chi connectivity index (χ0v) is 11.4. The number of hydrogen-bond donors (Lipinski definition) is 1. The van der Waals surface area contributed by atoms with E-state index < -0.39 is 0 Å². The van der Waals surface area contributed by atoms with Gasteiger partial charge in [-0.2, -0.15) is 0 Å². The fourth-order valence-electron chi connectivity index (χ4n) is 2.13. The van der Waals surface area contributed by atoms with Crippen molar-refractivity contribution in [2.75, 3.05) is 7.05 Å². The topological polar surface area (TPSA) is 66.3 Å². The fraction of sp³-hybridized carbons (Fsp3) is 0.214. The van der Waals surface area contributed by atoms with E-state index in [9.17, 15) is 4.79 Å². The molecule has 0 aliphatic heterocycles. The van der Waals surface area contributed by atoms with E-state index >= 15 is 0 Å². The molecule has 0 aromatic carbocycles. The molecule has 1 N–H and O–H groups in total. The standard InChI is InChI=1S/C14H15N5O/c1-10-4-3-5-13-17-11(8-19(10)13)14(20)18(2)9-12-15-6-7-16-12/h3-8H,9H2,1-2H3,(H,15,16). The number of carbonyl (C=O) groups is 1. The summed E-state index contributed by atoms with van der Waals surface area (Å²) in [6.07, 6.45) is 5.18. The number of fused-ring (bicyclic) bond motifs is 1. The molecule has 3 heterocycles. The summed E-state index contributed by atoms with van der Waals surface area (Å²) in [5.74, 6) is 0.630. The Labute approximate surface area is 116 Å². The Balaban J connectivity index is 1.86. The third-order valence-corrected chi connectivity index (χ3v) is 3.20. The van der Waals surface area contributed by atoms with Gasteiger partial charge in [-0.3, -0.25) is 4.79 Å². The van der Waals surface area contributed by atoms with Gasteiger partial charge >= 0.3 is 0 Å². The van der Waals surface area contributed by atoms with Crippen LogP contribution >= 0.6 is 0 Å². The van der Waals surface area contributed by atoms with Crippen molar-refractivity contribution < 1.29 is 4.79 Å². The van der Waals surface area contributed by atoms with E-state index in [4.69, 9.17) is 0 Å². The van der Waals surface area contributed by atoms with Crippen LogP contribution in [0.5, 0.6) is 0 Å². The lowest BCUT2D eigenvalue weighted by Crippen LogP contribution is -2.27. The maximum atomic E-state index is 12.4. The third kappa shape index (κ3) is 2.16. The van der Waals surface area contributed by atoms with Crippen molar-refractivity contribution in [3.8, 4) is 0 Å². The Kier molecular flexibility index (Phi) is 2.98. The van der Waals surface area contributed by atoms with E-state index in [1.165, 1.54) is 0 Å². The van der Waals surface area contributed by atoms with Gasteiger partial charge in [-0.05, 0) is 19.1 Å². The van der Waals surface area contributed by atoms with Gasteiger partial charge in [0.05, 0.1) is 6.54 Å². The molecular weight excluding hydrogens is 254 g/mol. The lowest BCUT2D eigenvalue weighted by atomic mass is 10.4.